The average molecular weight is 225 g/mol. The molecule has 1 heterocycles. The lowest BCUT2D eigenvalue weighted by Gasteiger charge is -2.08. The number of carbonyl (C=O) groups excluding carboxylic acids is 1. The molecule has 0 bridgehead atoms. The summed E-state index contributed by atoms with van der Waals surface area (Å²) in [5.74, 6) is 0.140. The second-order valence-electron chi connectivity index (χ2n) is 4.12. The minimum atomic E-state index is -0.247. The maximum atomic E-state index is 11.7. The van der Waals surface area contributed by atoms with Crippen LogP contribution in [0.25, 0.3) is 0 Å². The molecular formula is C11H19N3O2. The predicted molar refractivity (Wildman–Crippen MR) is 60.9 cm³/mol. The summed E-state index contributed by atoms with van der Waals surface area (Å²) in [5.41, 5.74) is 3.78. The van der Waals surface area contributed by atoms with Gasteiger partial charge in [-0.15, -0.1) is 0 Å². The number of amides is 1. The van der Waals surface area contributed by atoms with Crippen LogP contribution in [0.2, 0.25) is 0 Å². The van der Waals surface area contributed by atoms with Crippen LogP contribution in [0.15, 0.2) is 6.07 Å². The molecule has 0 unspecified atom stereocenters. The number of aryl methyl sites for hydroxylation is 2. The molecular weight excluding hydrogens is 206 g/mol. The van der Waals surface area contributed by atoms with Crippen LogP contribution in [0.3, 0.4) is 0 Å². The Kier molecular flexibility index (Phi) is 4.49. The number of carbonyl (C=O) groups is 1. The second-order valence-corrected chi connectivity index (χ2v) is 4.12. The largest absolute Gasteiger partial charge is 0.293 e. The van der Waals surface area contributed by atoms with Crippen LogP contribution in [0.4, 0.5) is 0 Å². The number of hydrogen-bond acceptors (Lipinski definition) is 3. The maximum absolute atomic E-state index is 11.7. The highest BCUT2D eigenvalue weighted by molar-refractivity contribution is 5.91. The van der Waals surface area contributed by atoms with Gasteiger partial charge in [0.15, 0.2) is 0 Å². The van der Waals surface area contributed by atoms with Gasteiger partial charge >= 0.3 is 0 Å². The molecule has 1 N–H and O–H groups in total. The average Bonchev–Trinajstić information content (AvgIpc) is 2.59. The molecule has 0 fully saturated rings. The predicted octanol–water partition coefficient (Wildman–Crippen LogP) is 1.53. The summed E-state index contributed by atoms with van der Waals surface area (Å²) in [4.78, 5) is 16.8. The van der Waals surface area contributed by atoms with Gasteiger partial charge in [0.05, 0.1) is 12.3 Å². The third kappa shape index (κ3) is 3.34. The second kappa shape index (κ2) is 5.65. The SMILES string of the molecule is CCn1nc(C)cc1C(=O)NOCC(C)C. The Balaban J connectivity index is 2.58. The zero-order valence-electron chi connectivity index (χ0n) is 10.3. The van der Waals surface area contributed by atoms with E-state index >= 15 is 0 Å². The lowest BCUT2D eigenvalue weighted by Crippen LogP contribution is -2.27. The van der Waals surface area contributed by atoms with E-state index in [1.807, 2.05) is 27.7 Å². The third-order valence-electron chi connectivity index (χ3n) is 2.02. The molecule has 5 heteroatoms. The number of hydroxylamine groups is 1. The van der Waals surface area contributed by atoms with Crippen LogP contribution < -0.4 is 5.48 Å². The molecule has 1 aromatic rings. The molecule has 0 saturated heterocycles. The van der Waals surface area contributed by atoms with Crippen molar-refractivity contribution in [2.75, 3.05) is 6.61 Å². The van der Waals surface area contributed by atoms with Crippen molar-refractivity contribution < 1.29 is 9.63 Å². The summed E-state index contributed by atoms with van der Waals surface area (Å²) in [6.07, 6.45) is 0. The fourth-order valence-electron chi connectivity index (χ4n) is 1.30. The highest BCUT2D eigenvalue weighted by Gasteiger charge is 2.12. The van der Waals surface area contributed by atoms with Gasteiger partial charge in [-0.25, -0.2) is 5.48 Å². The Hall–Kier alpha value is -1.36. The van der Waals surface area contributed by atoms with E-state index in [1.54, 1.807) is 10.7 Å². The third-order valence-corrected chi connectivity index (χ3v) is 2.02. The van der Waals surface area contributed by atoms with Crippen LogP contribution in [-0.2, 0) is 11.4 Å². The smallest absolute Gasteiger partial charge is 0.273 e. The summed E-state index contributed by atoms with van der Waals surface area (Å²) in [6, 6.07) is 1.75. The van der Waals surface area contributed by atoms with Crippen LogP contribution in [-0.4, -0.2) is 22.3 Å². The van der Waals surface area contributed by atoms with Gasteiger partial charge in [-0.05, 0) is 25.8 Å². The zero-order valence-corrected chi connectivity index (χ0v) is 10.3. The number of aromatic nitrogens is 2. The molecule has 5 nitrogen and oxygen atoms in total. The Bertz CT molecular complexity index is 358. The lowest BCUT2D eigenvalue weighted by molar-refractivity contribution is 0.0200. The van der Waals surface area contributed by atoms with Crippen molar-refractivity contribution in [3.05, 3.63) is 17.5 Å². The Morgan fingerprint density at radius 1 is 1.62 bits per heavy atom. The maximum Gasteiger partial charge on any atom is 0.293 e. The molecule has 16 heavy (non-hydrogen) atoms. The Labute approximate surface area is 95.7 Å². The van der Waals surface area contributed by atoms with Crippen LogP contribution in [0, 0.1) is 12.8 Å². The van der Waals surface area contributed by atoms with Crippen LogP contribution in [0.1, 0.15) is 37.0 Å². The van der Waals surface area contributed by atoms with Gasteiger partial charge < -0.3 is 0 Å². The van der Waals surface area contributed by atoms with Crippen LogP contribution >= 0.6 is 0 Å². The first-order chi connectivity index (χ1) is 7.54. The van der Waals surface area contributed by atoms with E-state index < -0.39 is 0 Å². The van der Waals surface area contributed by atoms with E-state index in [2.05, 4.69) is 10.6 Å². The lowest BCUT2D eigenvalue weighted by atomic mass is 10.2. The fourth-order valence-corrected chi connectivity index (χ4v) is 1.30. The van der Waals surface area contributed by atoms with Crippen molar-refractivity contribution in [2.45, 2.75) is 34.2 Å². The van der Waals surface area contributed by atoms with Gasteiger partial charge in [-0.2, -0.15) is 5.10 Å². The normalized spacial score (nSPS) is 10.8. The standard InChI is InChI=1S/C11H19N3O2/c1-5-14-10(6-9(4)12-14)11(15)13-16-7-8(2)3/h6,8H,5,7H2,1-4H3,(H,13,15). The summed E-state index contributed by atoms with van der Waals surface area (Å²) in [5, 5.41) is 4.19. The molecule has 0 spiro atoms. The van der Waals surface area contributed by atoms with Crippen molar-refractivity contribution in [2.24, 2.45) is 5.92 Å². The quantitative estimate of drug-likeness (QED) is 0.773. The molecule has 1 amide bonds. The van der Waals surface area contributed by atoms with Gasteiger partial charge in [0.2, 0.25) is 0 Å². The van der Waals surface area contributed by atoms with E-state index in [-0.39, 0.29) is 5.91 Å². The van der Waals surface area contributed by atoms with Gasteiger partial charge in [-0.1, -0.05) is 13.8 Å². The topological polar surface area (TPSA) is 56.2 Å². The molecule has 0 aliphatic heterocycles. The Morgan fingerprint density at radius 3 is 2.88 bits per heavy atom. The molecule has 90 valence electrons. The van der Waals surface area contributed by atoms with Crippen molar-refractivity contribution in [1.82, 2.24) is 15.3 Å². The number of rotatable bonds is 5. The Morgan fingerprint density at radius 2 is 2.31 bits per heavy atom. The zero-order chi connectivity index (χ0) is 12.1. The van der Waals surface area contributed by atoms with Crippen molar-refractivity contribution >= 4 is 5.91 Å². The summed E-state index contributed by atoms with van der Waals surface area (Å²) < 4.78 is 1.66. The highest BCUT2D eigenvalue weighted by atomic mass is 16.6. The highest BCUT2D eigenvalue weighted by Crippen LogP contribution is 2.03. The first kappa shape index (κ1) is 12.7. The van der Waals surface area contributed by atoms with E-state index in [4.69, 9.17) is 4.84 Å². The molecule has 1 aromatic heterocycles. The van der Waals surface area contributed by atoms with Gasteiger partial charge in [0, 0.05) is 6.54 Å². The molecule has 0 atom stereocenters. The van der Waals surface area contributed by atoms with Gasteiger partial charge in [0.1, 0.15) is 5.69 Å². The molecule has 0 aliphatic rings. The molecule has 0 radical (unpaired) electrons. The van der Waals surface area contributed by atoms with Crippen molar-refractivity contribution in [1.29, 1.82) is 0 Å². The monoisotopic (exact) mass is 225 g/mol. The van der Waals surface area contributed by atoms with Crippen LogP contribution in [0.5, 0.6) is 0 Å². The van der Waals surface area contributed by atoms with E-state index in [0.717, 1.165) is 5.69 Å². The first-order valence-corrected chi connectivity index (χ1v) is 5.51. The van der Waals surface area contributed by atoms with E-state index in [9.17, 15) is 4.79 Å². The summed E-state index contributed by atoms with van der Waals surface area (Å²) in [7, 11) is 0. The fraction of sp³-hybridized carbons (Fsp3) is 0.636. The molecule has 0 aromatic carbocycles. The van der Waals surface area contributed by atoms with E-state index in [1.165, 1.54) is 0 Å². The van der Waals surface area contributed by atoms with Crippen molar-refractivity contribution in [3.8, 4) is 0 Å². The number of nitrogens with zero attached hydrogens (tertiary/aromatic N) is 2. The minimum Gasteiger partial charge on any atom is -0.273 e. The molecule has 0 saturated carbocycles. The number of nitrogens with one attached hydrogen (secondary N) is 1. The summed E-state index contributed by atoms with van der Waals surface area (Å²) >= 11 is 0. The minimum absolute atomic E-state index is 0.247. The first-order valence-electron chi connectivity index (χ1n) is 5.51. The molecule has 1 rings (SSSR count). The van der Waals surface area contributed by atoms with Gasteiger partial charge in [-0.3, -0.25) is 14.3 Å². The van der Waals surface area contributed by atoms with E-state index in [0.29, 0.717) is 24.8 Å². The summed E-state index contributed by atoms with van der Waals surface area (Å²) in [6.45, 7) is 9.01. The number of hydrogen-bond donors (Lipinski definition) is 1. The van der Waals surface area contributed by atoms with Crippen molar-refractivity contribution in [3.63, 3.8) is 0 Å². The van der Waals surface area contributed by atoms with Gasteiger partial charge in [0.25, 0.3) is 5.91 Å². The molecule has 0 aliphatic carbocycles.